The second-order valence-electron chi connectivity index (χ2n) is 5.40. The average Bonchev–Trinajstić information content (AvgIpc) is 2.62. The number of hydrogen-bond acceptors (Lipinski definition) is 7. The Balaban J connectivity index is 2.30. The number of carboxylic acids is 1. The van der Waals surface area contributed by atoms with E-state index in [1.165, 1.54) is 36.4 Å². The van der Waals surface area contributed by atoms with Gasteiger partial charge in [-0.2, -0.15) is 0 Å². The van der Waals surface area contributed by atoms with Gasteiger partial charge in [-0.3, -0.25) is 10.1 Å². The van der Waals surface area contributed by atoms with Gasteiger partial charge in [-0.15, -0.1) is 0 Å². The van der Waals surface area contributed by atoms with Crippen LogP contribution < -0.4 is 10.2 Å². The highest BCUT2D eigenvalue weighted by Gasteiger charge is 2.17. The number of aliphatic hydroxyl groups is 2. The molecule has 26 heavy (non-hydrogen) atoms. The van der Waals surface area contributed by atoms with E-state index >= 15 is 0 Å². The van der Waals surface area contributed by atoms with Gasteiger partial charge in [0.25, 0.3) is 5.69 Å². The smallest absolute Gasteiger partial charge is 0.335 e. The van der Waals surface area contributed by atoms with Crippen LogP contribution in [0.1, 0.15) is 10.4 Å². The van der Waals surface area contributed by atoms with Gasteiger partial charge in [-0.25, -0.2) is 4.79 Å². The monoisotopic (exact) mass is 361 g/mol. The third kappa shape index (κ3) is 4.68. The number of benzene rings is 2. The van der Waals surface area contributed by atoms with E-state index in [9.17, 15) is 14.9 Å². The maximum atomic E-state index is 11.4. The largest absolute Gasteiger partial charge is 0.478 e. The molecule has 138 valence electrons. The van der Waals surface area contributed by atoms with Crippen molar-refractivity contribution in [2.24, 2.45) is 0 Å². The van der Waals surface area contributed by atoms with Crippen molar-refractivity contribution in [3.63, 3.8) is 0 Å². The lowest BCUT2D eigenvalue weighted by Gasteiger charge is -2.23. The summed E-state index contributed by atoms with van der Waals surface area (Å²) in [6.07, 6.45) is 0. The molecule has 0 saturated heterocycles. The lowest BCUT2D eigenvalue weighted by atomic mass is 10.2. The van der Waals surface area contributed by atoms with Crippen LogP contribution in [0.4, 0.5) is 22.7 Å². The summed E-state index contributed by atoms with van der Waals surface area (Å²) in [6, 6.07) is 10.4. The van der Waals surface area contributed by atoms with E-state index in [1.807, 2.05) is 0 Å². The first-order valence-corrected chi connectivity index (χ1v) is 7.81. The molecular formula is C17H19N3O6. The number of hydrogen-bond donors (Lipinski definition) is 4. The molecule has 0 fully saturated rings. The van der Waals surface area contributed by atoms with Gasteiger partial charge in [0.1, 0.15) is 5.69 Å². The van der Waals surface area contributed by atoms with Gasteiger partial charge >= 0.3 is 5.97 Å². The Morgan fingerprint density at radius 1 is 1.08 bits per heavy atom. The fourth-order valence-corrected chi connectivity index (χ4v) is 2.44. The van der Waals surface area contributed by atoms with Crippen LogP contribution in [-0.2, 0) is 0 Å². The summed E-state index contributed by atoms with van der Waals surface area (Å²) in [6.45, 7) is 0.176. The number of aliphatic hydroxyl groups excluding tert-OH is 2. The second kappa shape index (κ2) is 8.79. The van der Waals surface area contributed by atoms with Crippen molar-refractivity contribution in [3.05, 3.63) is 58.1 Å². The highest BCUT2D eigenvalue weighted by Crippen LogP contribution is 2.32. The third-order valence-corrected chi connectivity index (χ3v) is 3.69. The second-order valence-corrected chi connectivity index (χ2v) is 5.40. The molecule has 0 unspecified atom stereocenters. The van der Waals surface area contributed by atoms with Crippen LogP contribution in [-0.4, -0.2) is 52.5 Å². The molecule has 0 saturated carbocycles. The number of nitrogens with zero attached hydrogens (tertiary/aromatic N) is 2. The maximum absolute atomic E-state index is 11.4. The van der Waals surface area contributed by atoms with E-state index < -0.39 is 10.9 Å². The summed E-state index contributed by atoms with van der Waals surface area (Å²) in [5.41, 5.74) is 1.20. The van der Waals surface area contributed by atoms with Crippen molar-refractivity contribution in [3.8, 4) is 0 Å². The predicted molar refractivity (Wildman–Crippen MR) is 96.2 cm³/mol. The first-order chi connectivity index (χ1) is 12.5. The Kier molecular flexibility index (Phi) is 6.48. The third-order valence-electron chi connectivity index (χ3n) is 3.69. The van der Waals surface area contributed by atoms with E-state index in [0.29, 0.717) is 11.4 Å². The Morgan fingerprint density at radius 2 is 1.69 bits per heavy atom. The topological polar surface area (TPSA) is 136 Å². The number of nitrogens with one attached hydrogen (secondary N) is 1. The fourth-order valence-electron chi connectivity index (χ4n) is 2.44. The molecule has 0 spiro atoms. The summed E-state index contributed by atoms with van der Waals surface area (Å²) >= 11 is 0. The maximum Gasteiger partial charge on any atom is 0.335 e. The normalized spacial score (nSPS) is 10.4. The fraction of sp³-hybridized carbons (Fsp3) is 0.235. The predicted octanol–water partition coefficient (Wildman–Crippen LogP) is 1.83. The number of anilines is 3. The summed E-state index contributed by atoms with van der Waals surface area (Å²) in [7, 11) is 0. The van der Waals surface area contributed by atoms with Crippen molar-refractivity contribution in [2.75, 3.05) is 36.5 Å². The van der Waals surface area contributed by atoms with Crippen LogP contribution >= 0.6 is 0 Å². The molecule has 0 radical (unpaired) electrons. The van der Waals surface area contributed by atoms with Crippen molar-refractivity contribution in [1.29, 1.82) is 0 Å². The lowest BCUT2D eigenvalue weighted by Crippen LogP contribution is -2.29. The molecule has 0 heterocycles. The van der Waals surface area contributed by atoms with Crippen LogP contribution in [0.2, 0.25) is 0 Å². The minimum Gasteiger partial charge on any atom is -0.478 e. The summed E-state index contributed by atoms with van der Waals surface area (Å²) in [5, 5.41) is 41.4. The zero-order valence-electron chi connectivity index (χ0n) is 13.8. The Morgan fingerprint density at radius 3 is 2.19 bits per heavy atom. The molecule has 9 nitrogen and oxygen atoms in total. The molecule has 0 aliphatic rings. The molecule has 2 aromatic rings. The number of nitro benzene ring substituents is 1. The molecule has 0 aromatic heterocycles. The molecule has 4 N–H and O–H groups in total. The lowest BCUT2D eigenvalue weighted by molar-refractivity contribution is -0.383. The van der Waals surface area contributed by atoms with Crippen molar-refractivity contribution in [1.82, 2.24) is 0 Å². The highest BCUT2D eigenvalue weighted by atomic mass is 16.6. The van der Waals surface area contributed by atoms with E-state index in [2.05, 4.69) is 5.32 Å². The van der Waals surface area contributed by atoms with E-state index in [4.69, 9.17) is 15.3 Å². The van der Waals surface area contributed by atoms with Crippen LogP contribution in [0.25, 0.3) is 0 Å². The summed E-state index contributed by atoms with van der Waals surface area (Å²) in [5.74, 6) is -1.06. The molecule has 0 bridgehead atoms. The van der Waals surface area contributed by atoms with Crippen LogP contribution in [0.15, 0.2) is 42.5 Å². The molecule has 0 amide bonds. The number of carbonyl (C=O) groups is 1. The van der Waals surface area contributed by atoms with Gasteiger partial charge < -0.3 is 25.5 Å². The van der Waals surface area contributed by atoms with Crippen molar-refractivity contribution < 1.29 is 25.0 Å². The highest BCUT2D eigenvalue weighted by molar-refractivity contribution is 5.88. The van der Waals surface area contributed by atoms with Gasteiger partial charge in [0.15, 0.2) is 0 Å². The first-order valence-electron chi connectivity index (χ1n) is 7.81. The molecular weight excluding hydrogens is 342 g/mol. The van der Waals surface area contributed by atoms with Crippen LogP contribution in [0.5, 0.6) is 0 Å². The van der Waals surface area contributed by atoms with Gasteiger partial charge in [-0.1, -0.05) is 0 Å². The van der Waals surface area contributed by atoms with Crippen LogP contribution in [0, 0.1) is 10.1 Å². The Labute approximate surface area is 149 Å². The number of aromatic carboxylic acids is 1. The van der Waals surface area contributed by atoms with E-state index in [-0.39, 0.29) is 43.2 Å². The summed E-state index contributed by atoms with van der Waals surface area (Å²) < 4.78 is 0. The number of nitro groups is 1. The van der Waals surface area contributed by atoms with Crippen LogP contribution in [0.3, 0.4) is 0 Å². The van der Waals surface area contributed by atoms with E-state index in [0.717, 1.165) is 0 Å². The molecule has 2 rings (SSSR count). The quantitative estimate of drug-likeness (QED) is 0.392. The Bertz CT molecular complexity index is 773. The van der Waals surface area contributed by atoms with Gasteiger partial charge in [0, 0.05) is 30.5 Å². The number of carboxylic acid groups (broad SMARTS) is 1. The first kappa shape index (κ1) is 19.2. The van der Waals surface area contributed by atoms with Gasteiger partial charge in [0.05, 0.1) is 23.7 Å². The Hall–Kier alpha value is -3.17. The standard InChI is InChI=1S/C17H19N3O6/c21-9-7-19(8-10-22)14-5-6-15(16(11-14)20(25)26)18-13-3-1-12(2-4-13)17(23)24/h1-6,11,18,21-22H,7-10H2,(H,23,24). The van der Waals surface area contributed by atoms with Gasteiger partial charge in [0.2, 0.25) is 0 Å². The minimum atomic E-state index is -1.06. The SMILES string of the molecule is O=C(O)c1ccc(Nc2ccc(N(CCO)CCO)cc2[N+](=O)[O-])cc1. The van der Waals surface area contributed by atoms with Crippen molar-refractivity contribution in [2.45, 2.75) is 0 Å². The zero-order valence-corrected chi connectivity index (χ0v) is 13.8. The molecule has 0 atom stereocenters. The molecule has 0 aliphatic carbocycles. The van der Waals surface area contributed by atoms with E-state index in [1.54, 1.807) is 11.0 Å². The van der Waals surface area contributed by atoms with Crippen molar-refractivity contribution >= 4 is 28.7 Å². The molecule has 0 aliphatic heterocycles. The van der Waals surface area contributed by atoms with Gasteiger partial charge in [-0.05, 0) is 36.4 Å². The average molecular weight is 361 g/mol. The molecule has 9 heteroatoms. The summed E-state index contributed by atoms with van der Waals surface area (Å²) in [4.78, 5) is 23.4. The zero-order chi connectivity index (χ0) is 19.1. The number of rotatable bonds is 9. The molecule has 2 aromatic carbocycles. The minimum absolute atomic E-state index is 0.115.